The van der Waals surface area contributed by atoms with Gasteiger partial charge in [0.1, 0.15) is 11.5 Å². The Morgan fingerprint density at radius 3 is 2.19 bits per heavy atom. The minimum Gasteiger partial charge on any atom is -0.478 e. The van der Waals surface area contributed by atoms with Gasteiger partial charge in [0.05, 0.1) is 11.8 Å². The number of hydrogen-bond acceptors (Lipinski definition) is 6. The number of nitrogens with zero attached hydrogens (tertiary/aromatic N) is 2. The summed E-state index contributed by atoms with van der Waals surface area (Å²) in [5.74, 6) is 0.266. The summed E-state index contributed by atoms with van der Waals surface area (Å²) in [7, 11) is -3.33. The minimum absolute atomic E-state index is 0. The predicted octanol–water partition coefficient (Wildman–Crippen LogP) is 6.27. The van der Waals surface area contributed by atoms with Crippen LogP contribution in [0.4, 0.5) is 16.2 Å². The van der Waals surface area contributed by atoms with Gasteiger partial charge >= 0.3 is 12.0 Å². The molecule has 3 aromatic rings. The zero-order valence-corrected chi connectivity index (χ0v) is 26.0. The maximum absolute atomic E-state index is 13.2. The van der Waals surface area contributed by atoms with Crippen LogP contribution in [-0.2, 0) is 16.6 Å². The average molecular weight is 631 g/mol. The van der Waals surface area contributed by atoms with Crippen LogP contribution in [0.1, 0.15) is 48.5 Å². The van der Waals surface area contributed by atoms with Crippen LogP contribution in [0.3, 0.4) is 0 Å². The normalized spacial score (nSPS) is 13.9. The Hall–Kier alpha value is -3.80. The molecule has 1 aliphatic heterocycles. The summed E-state index contributed by atoms with van der Waals surface area (Å²) >= 11 is 0. The van der Waals surface area contributed by atoms with Crippen molar-refractivity contribution in [2.45, 2.75) is 45.2 Å². The van der Waals surface area contributed by atoms with Gasteiger partial charge in [0.15, 0.2) is 0 Å². The summed E-state index contributed by atoms with van der Waals surface area (Å²) in [6.07, 6.45) is 4.70. The summed E-state index contributed by atoms with van der Waals surface area (Å²) in [4.78, 5) is 28.8. The number of carbonyl (C=O) groups is 2. The van der Waals surface area contributed by atoms with Crippen molar-refractivity contribution in [1.29, 1.82) is 0 Å². The van der Waals surface area contributed by atoms with Crippen LogP contribution in [0.15, 0.2) is 72.8 Å². The van der Waals surface area contributed by atoms with Crippen LogP contribution in [0.25, 0.3) is 0 Å². The zero-order chi connectivity index (χ0) is 30.1. The Balaban J connectivity index is 0.00000506. The Labute approximate surface area is 259 Å². The number of aromatic carboxylic acids is 1. The second-order valence-electron chi connectivity index (χ2n) is 10.5. The first-order valence-corrected chi connectivity index (χ1v) is 16.0. The molecule has 0 bridgehead atoms. The molecule has 3 N–H and O–H groups in total. The van der Waals surface area contributed by atoms with Gasteiger partial charge in [0.25, 0.3) is 0 Å². The average Bonchev–Trinajstić information content (AvgIpc) is 2.95. The number of nitrogens with one attached hydrogen (secondary N) is 2. The number of benzene rings is 3. The molecule has 12 heteroatoms. The lowest BCUT2D eigenvalue weighted by Crippen LogP contribution is -2.49. The number of urea groups is 1. The van der Waals surface area contributed by atoms with E-state index in [4.69, 9.17) is 4.74 Å². The maximum Gasteiger partial charge on any atom is 0.335 e. The van der Waals surface area contributed by atoms with E-state index in [1.54, 1.807) is 36.4 Å². The molecule has 1 fully saturated rings. The molecule has 2 amide bonds. The number of unbranched alkanes of at least 4 members (excludes halogenated alkanes) is 1. The van der Waals surface area contributed by atoms with Crippen molar-refractivity contribution in [3.8, 4) is 11.5 Å². The standard InChI is InChI=1S/C31H38N4O6S.ClH/c1-3-4-18-35(31(38)32-26-7-5-6-24(21-26)30(36)37)27-16-19-34(20-17-27)22-23-8-12-28(13-9-23)41-29-14-10-25(11-15-29)33-42(2,39)40;/h5-15,21,27,33H,3-4,16-20,22H2,1-2H3,(H,32,38)(H,36,37);1H. The number of halogens is 1. The topological polar surface area (TPSA) is 128 Å². The Bertz CT molecular complexity index is 1460. The Kier molecular flexibility index (Phi) is 12.2. The van der Waals surface area contributed by atoms with Crippen molar-refractivity contribution >= 4 is 45.8 Å². The summed E-state index contributed by atoms with van der Waals surface area (Å²) < 4.78 is 31.1. The minimum atomic E-state index is -3.33. The molecule has 0 radical (unpaired) electrons. The number of amides is 2. The van der Waals surface area contributed by atoms with E-state index >= 15 is 0 Å². The quantitative estimate of drug-likeness (QED) is 0.215. The molecular formula is C31H39ClN4O6S. The molecule has 1 heterocycles. The lowest BCUT2D eigenvalue weighted by Gasteiger charge is -2.38. The molecule has 0 aromatic heterocycles. The van der Waals surface area contributed by atoms with Gasteiger partial charge < -0.3 is 20.1 Å². The number of likely N-dealkylation sites (tertiary alicyclic amines) is 1. The van der Waals surface area contributed by atoms with Crippen molar-refractivity contribution in [3.05, 3.63) is 83.9 Å². The van der Waals surface area contributed by atoms with E-state index in [1.807, 2.05) is 29.2 Å². The van der Waals surface area contributed by atoms with Gasteiger partial charge in [-0.1, -0.05) is 31.5 Å². The fourth-order valence-corrected chi connectivity index (χ4v) is 5.52. The molecule has 0 saturated carbocycles. The van der Waals surface area contributed by atoms with Crippen LogP contribution in [0, 0.1) is 0 Å². The molecule has 1 saturated heterocycles. The number of sulfonamides is 1. The van der Waals surface area contributed by atoms with Gasteiger partial charge in [-0.15, -0.1) is 12.4 Å². The highest BCUT2D eigenvalue weighted by Gasteiger charge is 2.28. The van der Waals surface area contributed by atoms with Gasteiger partial charge in [-0.3, -0.25) is 9.62 Å². The molecule has 0 unspecified atom stereocenters. The van der Waals surface area contributed by atoms with E-state index in [0.717, 1.165) is 57.1 Å². The van der Waals surface area contributed by atoms with Gasteiger partial charge in [0.2, 0.25) is 10.0 Å². The molecule has 43 heavy (non-hydrogen) atoms. The SMILES string of the molecule is CCCCN(C(=O)Nc1cccc(C(=O)O)c1)C1CCN(Cc2ccc(Oc3ccc(NS(C)(=O)=O)cc3)cc2)CC1.Cl. The number of piperidine rings is 1. The summed E-state index contributed by atoms with van der Waals surface area (Å²) in [5.41, 5.74) is 2.25. The number of carbonyl (C=O) groups excluding carboxylic acids is 1. The number of rotatable bonds is 12. The summed E-state index contributed by atoms with van der Waals surface area (Å²) in [6.45, 7) is 5.27. The van der Waals surface area contributed by atoms with Gasteiger partial charge in [-0.05, 0) is 79.4 Å². The monoisotopic (exact) mass is 630 g/mol. The smallest absolute Gasteiger partial charge is 0.335 e. The van der Waals surface area contributed by atoms with E-state index in [1.165, 1.54) is 12.1 Å². The second-order valence-corrected chi connectivity index (χ2v) is 12.3. The van der Waals surface area contributed by atoms with Crippen molar-refractivity contribution in [2.75, 3.05) is 35.9 Å². The van der Waals surface area contributed by atoms with Gasteiger partial charge in [-0.2, -0.15) is 0 Å². The molecule has 0 aliphatic carbocycles. The van der Waals surface area contributed by atoms with Gasteiger partial charge in [-0.25, -0.2) is 18.0 Å². The zero-order valence-electron chi connectivity index (χ0n) is 24.4. The molecule has 0 atom stereocenters. The fraction of sp³-hybridized carbons (Fsp3) is 0.355. The summed E-state index contributed by atoms with van der Waals surface area (Å²) in [5, 5.41) is 12.2. The fourth-order valence-electron chi connectivity index (χ4n) is 4.96. The van der Waals surface area contributed by atoms with E-state index in [-0.39, 0.29) is 30.0 Å². The molecule has 0 spiro atoms. The van der Waals surface area contributed by atoms with E-state index < -0.39 is 16.0 Å². The van der Waals surface area contributed by atoms with Crippen molar-refractivity contribution in [1.82, 2.24) is 9.80 Å². The second kappa shape index (κ2) is 15.6. The highest BCUT2D eigenvalue weighted by molar-refractivity contribution is 7.92. The van der Waals surface area contributed by atoms with Crippen LogP contribution in [0.2, 0.25) is 0 Å². The van der Waals surface area contributed by atoms with Crippen LogP contribution >= 0.6 is 12.4 Å². The summed E-state index contributed by atoms with van der Waals surface area (Å²) in [6, 6.07) is 20.9. The highest BCUT2D eigenvalue weighted by Crippen LogP contribution is 2.25. The molecule has 10 nitrogen and oxygen atoms in total. The Morgan fingerprint density at radius 1 is 0.977 bits per heavy atom. The van der Waals surface area contributed by atoms with Crippen LogP contribution < -0.4 is 14.8 Å². The maximum atomic E-state index is 13.2. The van der Waals surface area contributed by atoms with Gasteiger partial charge in [0, 0.05) is 43.6 Å². The Morgan fingerprint density at radius 2 is 1.60 bits per heavy atom. The number of anilines is 2. The molecule has 232 valence electrons. The molecule has 4 rings (SSSR count). The van der Waals surface area contributed by atoms with Crippen LogP contribution in [0.5, 0.6) is 11.5 Å². The number of ether oxygens (including phenoxy) is 1. The third-order valence-corrected chi connectivity index (χ3v) is 7.70. The lowest BCUT2D eigenvalue weighted by molar-refractivity contribution is 0.0696. The molecular weight excluding hydrogens is 592 g/mol. The largest absolute Gasteiger partial charge is 0.478 e. The first kappa shape index (κ1) is 33.7. The molecule has 1 aliphatic rings. The highest BCUT2D eigenvalue weighted by atomic mass is 35.5. The number of carboxylic acids is 1. The van der Waals surface area contributed by atoms with E-state index in [0.29, 0.717) is 29.4 Å². The first-order valence-electron chi connectivity index (χ1n) is 14.1. The number of carboxylic acid groups (broad SMARTS) is 1. The number of hydrogen-bond donors (Lipinski definition) is 3. The molecule has 3 aromatic carbocycles. The van der Waals surface area contributed by atoms with Crippen molar-refractivity contribution in [2.24, 2.45) is 0 Å². The first-order chi connectivity index (χ1) is 20.1. The predicted molar refractivity (Wildman–Crippen MR) is 171 cm³/mol. The van der Waals surface area contributed by atoms with Crippen LogP contribution in [-0.4, -0.2) is 67.3 Å². The van der Waals surface area contributed by atoms with Crippen molar-refractivity contribution in [3.63, 3.8) is 0 Å². The third-order valence-electron chi connectivity index (χ3n) is 7.09. The van der Waals surface area contributed by atoms with E-state index in [9.17, 15) is 23.1 Å². The van der Waals surface area contributed by atoms with E-state index in [2.05, 4.69) is 21.9 Å². The third kappa shape index (κ3) is 10.5. The lowest BCUT2D eigenvalue weighted by atomic mass is 10.0. The van der Waals surface area contributed by atoms with Crippen molar-refractivity contribution < 1.29 is 27.9 Å².